The molecular weight excluding hydrogens is 234 g/mol. The maximum Gasteiger partial charge on any atom is 0.111 e. The smallest absolute Gasteiger partial charge is 0.111 e. The van der Waals surface area contributed by atoms with Crippen LogP contribution in [0, 0.1) is 0 Å². The molecule has 0 bridgehead atoms. The molecule has 19 heavy (non-hydrogen) atoms. The van der Waals surface area contributed by atoms with E-state index in [9.17, 15) is 0 Å². The van der Waals surface area contributed by atoms with Gasteiger partial charge in [-0.1, -0.05) is 30.3 Å². The van der Waals surface area contributed by atoms with Gasteiger partial charge in [-0.2, -0.15) is 0 Å². The third-order valence-corrected chi connectivity index (χ3v) is 3.47. The fourth-order valence-corrected chi connectivity index (χ4v) is 2.55. The summed E-state index contributed by atoms with van der Waals surface area (Å²) in [5.74, 6) is 1.01. The molecular formula is C16H13N3. The highest BCUT2D eigenvalue weighted by atomic mass is 14.9. The first kappa shape index (κ1) is 10.4. The first-order chi connectivity index (χ1) is 9.40. The Labute approximate surface area is 110 Å². The predicted octanol–water partition coefficient (Wildman–Crippen LogP) is 3.64. The fraction of sp³-hybridized carbons (Fsp3) is 0.0625. The van der Waals surface area contributed by atoms with Crippen molar-refractivity contribution in [2.75, 3.05) is 0 Å². The number of rotatable bonds is 2. The van der Waals surface area contributed by atoms with Crippen LogP contribution in [0.3, 0.4) is 0 Å². The van der Waals surface area contributed by atoms with Gasteiger partial charge in [0, 0.05) is 23.5 Å². The van der Waals surface area contributed by atoms with Crippen LogP contribution in [0.4, 0.5) is 0 Å². The van der Waals surface area contributed by atoms with E-state index in [-0.39, 0.29) is 0 Å². The van der Waals surface area contributed by atoms with E-state index in [1.165, 1.54) is 16.5 Å². The third-order valence-electron chi connectivity index (χ3n) is 3.47. The van der Waals surface area contributed by atoms with Crippen LogP contribution in [-0.4, -0.2) is 15.0 Å². The topological polar surface area (TPSA) is 44.5 Å². The SMILES string of the molecule is c1ccc2[nH]c(Cc3c[nH]c4ccccc34)nc2c1. The number of fused-ring (bicyclic) bond motifs is 2. The number of imidazole rings is 1. The Balaban J connectivity index is 1.78. The van der Waals surface area contributed by atoms with Crippen LogP contribution in [-0.2, 0) is 6.42 Å². The first-order valence-corrected chi connectivity index (χ1v) is 6.39. The lowest BCUT2D eigenvalue weighted by Crippen LogP contribution is -1.88. The molecule has 2 aromatic carbocycles. The molecule has 92 valence electrons. The van der Waals surface area contributed by atoms with Crippen LogP contribution in [0.15, 0.2) is 54.7 Å². The van der Waals surface area contributed by atoms with Gasteiger partial charge in [0.1, 0.15) is 5.82 Å². The first-order valence-electron chi connectivity index (χ1n) is 6.39. The second-order valence-corrected chi connectivity index (χ2v) is 4.74. The lowest BCUT2D eigenvalue weighted by atomic mass is 10.1. The van der Waals surface area contributed by atoms with Crippen molar-refractivity contribution in [2.24, 2.45) is 0 Å². The molecule has 2 aromatic heterocycles. The van der Waals surface area contributed by atoms with Crippen LogP contribution in [0.25, 0.3) is 21.9 Å². The van der Waals surface area contributed by atoms with Gasteiger partial charge in [-0.3, -0.25) is 0 Å². The number of benzene rings is 2. The van der Waals surface area contributed by atoms with E-state index in [1.807, 2.05) is 24.3 Å². The number of hydrogen-bond acceptors (Lipinski definition) is 1. The van der Waals surface area contributed by atoms with Gasteiger partial charge in [-0.25, -0.2) is 4.98 Å². The molecule has 0 unspecified atom stereocenters. The summed E-state index contributed by atoms with van der Waals surface area (Å²) in [5, 5.41) is 1.27. The standard InChI is InChI=1S/C16H13N3/c1-2-6-13-12(5-1)11(10-17-13)9-16-18-14-7-3-4-8-15(14)19-16/h1-8,10,17H,9H2,(H,18,19). The minimum atomic E-state index is 0.818. The summed E-state index contributed by atoms with van der Waals surface area (Å²) >= 11 is 0. The molecule has 0 fully saturated rings. The van der Waals surface area contributed by atoms with E-state index in [2.05, 4.69) is 45.4 Å². The minimum Gasteiger partial charge on any atom is -0.361 e. The van der Waals surface area contributed by atoms with Crippen LogP contribution < -0.4 is 0 Å². The van der Waals surface area contributed by atoms with Gasteiger partial charge in [0.2, 0.25) is 0 Å². The lowest BCUT2D eigenvalue weighted by Gasteiger charge is -1.95. The van der Waals surface area contributed by atoms with E-state index >= 15 is 0 Å². The van der Waals surface area contributed by atoms with Gasteiger partial charge < -0.3 is 9.97 Å². The molecule has 0 aliphatic rings. The Hall–Kier alpha value is -2.55. The molecule has 3 nitrogen and oxygen atoms in total. The minimum absolute atomic E-state index is 0.818. The second-order valence-electron chi connectivity index (χ2n) is 4.74. The summed E-state index contributed by atoms with van der Waals surface area (Å²) in [4.78, 5) is 11.3. The van der Waals surface area contributed by atoms with Crippen LogP contribution in [0.5, 0.6) is 0 Å². The summed E-state index contributed by atoms with van der Waals surface area (Å²) in [6.07, 6.45) is 2.89. The Bertz CT molecular complexity index is 821. The molecule has 3 heteroatoms. The number of aromatic amines is 2. The molecule has 0 saturated carbocycles. The highest BCUT2D eigenvalue weighted by molar-refractivity contribution is 5.83. The van der Waals surface area contributed by atoms with Crippen LogP contribution in [0.1, 0.15) is 11.4 Å². The van der Waals surface area contributed by atoms with Gasteiger partial charge in [-0.05, 0) is 23.8 Å². The van der Waals surface area contributed by atoms with Crippen molar-refractivity contribution >= 4 is 21.9 Å². The zero-order valence-corrected chi connectivity index (χ0v) is 10.4. The van der Waals surface area contributed by atoms with E-state index in [4.69, 9.17) is 0 Å². The van der Waals surface area contributed by atoms with Crippen molar-refractivity contribution in [3.63, 3.8) is 0 Å². The Kier molecular flexibility index (Phi) is 2.18. The van der Waals surface area contributed by atoms with Crippen LogP contribution >= 0.6 is 0 Å². The van der Waals surface area contributed by atoms with Crippen molar-refractivity contribution in [2.45, 2.75) is 6.42 Å². The highest BCUT2D eigenvalue weighted by Crippen LogP contribution is 2.21. The molecule has 0 radical (unpaired) electrons. The summed E-state index contributed by atoms with van der Waals surface area (Å²) in [6, 6.07) is 16.5. The highest BCUT2D eigenvalue weighted by Gasteiger charge is 2.07. The van der Waals surface area contributed by atoms with Gasteiger partial charge in [0.05, 0.1) is 11.0 Å². The largest absolute Gasteiger partial charge is 0.361 e. The summed E-state index contributed by atoms with van der Waals surface area (Å²) in [7, 11) is 0. The number of aromatic nitrogens is 3. The average Bonchev–Trinajstić information content (AvgIpc) is 3.03. The van der Waals surface area contributed by atoms with Crippen molar-refractivity contribution in [1.82, 2.24) is 15.0 Å². The zero-order valence-electron chi connectivity index (χ0n) is 10.4. The number of hydrogen-bond donors (Lipinski definition) is 2. The molecule has 0 saturated heterocycles. The molecule has 2 N–H and O–H groups in total. The normalized spacial score (nSPS) is 11.4. The van der Waals surface area contributed by atoms with E-state index in [0.717, 1.165) is 23.3 Å². The molecule has 0 amide bonds. The molecule has 0 aliphatic carbocycles. The molecule has 4 rings (SSSR count). The van der Waals surface area contributed by atoms with Crippen molar-refractivity contribution in [1.29, 1.82) is 0 Å². The Morgan fingerprint density at radius 1 is 0.895 bits per heavy atom. The second kappa shape index (κ2) is 3.99. The van der Waals surface area contributed by atoms with Crippen LogP contribution in [0.2, 0.25) is 0 Å². The lowest BCUT2D eigenvalue weighted by molar-refractivity contribution is 1.05. The van der Waals surface area contributed by atoms with Crippen molar-refractivity contribution < 1.29 is 0 Å². The van der Waals surface area contributed by atoms with E-state index in [0.29, 0.717) is 0 Å². The zero-order chi connectivity index (χ0) is 12.7. The fourth-order valence-electron chi connectivity index (χ4n) is 2.55. The maximum atomic E-state index is 4.62. The molecule has 4 aromatic rings. The van der Waals surface area contributed by atoms with Gasteiger partial charge in [-0.15, -0.1) is 0 Å². The van der Waals surface area contributed by atoms with Gasteiger partial charge in [0.25, 0.3) is 0 Å². The number of nitrogens with zero attached hydrogens (tertiary/aromatic N) is 1. The molecule has 0 aliphatic heterocycles. The number of nitrogens with one attached hydrogen (secondary N) is 2. The summed E-state index contributed by atoms with van der Waals surface area (Å²) < 4.78 is 0. The molecule has 0 atom stereocenters. The molecule has 2 heterocycles. The Morgan fingerprint density at radius 2 is 1.68 bits per heavy atom. The molecule has 0 spiro atoms. The average molecular weight is 247 g/mol. The van der Waals surface area contributed by atoms with Gasteiger partial charge >= 0.3 is 0 Å². The third kappa shape index (κ3) is 1.71. The van der Waals surface area contributed by atoms with Gasteiger partial charge in [0.15, 0.2) is 0 Å². The maximum absolute atomic E-state index is 4.62. The van der Waals surface area contributed by atoms with Crippen molar-refractivity contribution in [3.8, 4) is 0 Å². The number of H-pyrrole nitrogens is 2. The van der Waals surface area contributed by atoms with E-state index < -0.39 is 0 Å². The predicted molar refractivity (Wildman–Crippen MR) is 77.2 cm³/mol. The summed E-state index contributed by atoms with van der Waals surface area (Å²) in [5.41, 5.74) is 4.57. The summed E-state index contributed by atoms with van der Waals surface area (Å²) in [6.45, 7) is 0. The van der Waals surface area contributed by atoms with Crippen molar-refractivity contribution in [3.05, 3.63) is 66.1 Å². The quantitative estimate of drug-likeness (QED) is 0.558. The van der Waals surface area contributed by atoms with E-state index in [1.54, 1.807) is 0 Å². The monoisotopic (exact) mass is 247 g/mol. The Morgan fingerprint density at radius 3 is 2.58 bits per heavy atom. The number of para-hydroxylation sites is 3.